The Kier molecular flexibility index (Phi) is 6.82. The summed E-state index contributed by atoms with van der Waals surface area (Å²) >= 11 is 0. The van der Waals surface area contributed by atoms with Crippen LogP contribution in [0, 0.1) is 46.5 Å². The summed E-state index contributed by atoms with van der Waals surface area (Å²) in [5, 5.41) is 0. The second-order valence-corrected chi connectivity index (χ2v) is 5.84. The molecule has 0 aliphatic heterocycles. The average Bonchev–Trinajstić information content (AvgIpc) is 2.67. The highest BCUT2D eigenvalue weighted by atomic mass is 19.4. The van der Waals surface area contributed by atoms with Crippen LogP contribution in [-0.4, -0.2) is 19.5 Å². The molecular formula is C17H9F12N. The molecule has 0 unspecified atom stereocenters. The molecule has 30 heavy (non-hydrogen) atoms. The Labute approximate surface area is 160 Å². The normalized spacial score (nSPS) is 11.9. The molecule has 0 saturated carbocycles. The van der Waals surface area contributed by atoms with Crippen LogP contribution in [-0.2, 0) is 0 Å². The van der Waals surface area contributed by atoms with Gasteiger partial charge in [-0.1, -0.05) is 0 Å². The standard InChI is InChI=1S/C17H9F12N/c18-3-1-2-4-30(17(27,28)29)16-8(11(22)13(24)14(25)15(16)26)6-5-7(19)10(21)12(23)9(6)20/h5H,1-4H2. The van der Waals surface area contributed by atoms with Crippen LogP contribution in [0.5, 0.6) is 0 Å². The van der Waals surface area contributed by atoms with Gasteiger partial charge in [-0.05, 0) is 18.9 Å². The maximum atomic E-state index is 14.3. The maximum absolute atomic E-state index is 14.3. The summed E-state index contributed by atoms with van der Waals surface area (Å²) in [5.41, 5.74) is -6.03. The summed E-state index contributed by atoms with van der Waals surface area (Å²) in [6.07, 6.45) is -6.80. The van der Waals surface area contributed by atoms with Gasteiger partial charge in [0.2, 0.25) is 0 Å². The largest absolute Gasteiger partial charge is 0.485 e. The lowest BCUT2D eigenvalue weighted by Gasteiger charge is -2.30. The van der Waals surface area contributed by atoms with Gasteiger partial charge >= 0.3 is 6.30 Å². The number of halogens is 12. The number of rotatable bonds is 6. The molecule has 0 bridgehead atoms. The zero-order chi connectivity index (χ0) is 23.0. The predicted molar refractivity (Wildman–Crippen MR) is 80.2 cm³/mol. The molecule has 0 atom stereocenters. The van der Waals surface area contributed by atoms with Gasteiger partial charge in [0.1, 0.15) is 0 Å². The van der Waals surface area contributed by atoms with Crippen LogP contribution < -0.4 is 4.90 Å². The minimum absolute atomic E-state index is 0.345. The van der Waals surface area contributed by atoms with E-state index in [1.807, 2.05) is 0 Å². The maximum Gasteiger partial charge on any atom is 0.485 e. The van der Waals surface area contributed by atoms with Gasteiger partial charge in [-0.15, -0.1) is 0 Å². The Balaban J connectivity index is 2.94. The lowest BCUT2D eigenvalue weighted by atomic mass is 9.99. The highest BCUT2D eigenvalue weighted by Crippen LogP contribution is 2.44. The van der Waals surface area contributed by atoms with Crippen LogP contribution in [0.2, 0.25) is 0 Å². The third kappa shape index (κ3) is 4.15. The van der Waals surface area contributed by atoms with E-state index in [0.717, 1.165) is 0 Å². The van der Waals surface area contributed by atoms with E-state index in [0.29, 0.717) is 0 Å². The quantitative estimate of drug-likeness (QED) is 0.157. The third-order valence-corrected chi connectivity index (χ3v) is 3.96. The highest BCUT2D eigenvalue weighted by Gasteiger charge is 2.43. The number of hydrogen-bond acceptors (Lipinski definition) is 1. The van der Waals surface area contributed by atoms with Crippen LogP contribution in [0.1, 0.15) is 12.8 Å². The molecule has 1 nitrogen and oxygen atoms in total. The Morgan fingerprint density at radius 1 is 0.667 bits per heavy atom. The van der Waals surface area contributed by atoms with Crippen LogP contribution in [0.3, 0.4) is 0 Å². The number of unbranched alkanes of at least 4 members (excludes halogenated alkanes) is 1. The Hall–Kier alpha value is -2.60. The van der Waals surface area contributed by atoms with E-state index in [2.05, 4.69) is 0 Å². The summed E-state index contributed by atoms with van der Waals surface area (Å²) in [4.78, 5) is -1.00. The number of hydrogen-bond donors (Lipinski definition) is 0. The molecule has 2 aromatic carbocycles. The van der Waals surface area contributed by atoms with Gasteiger partial charge in [0.15, 0.2) is 46.5 Å². The van der Waals surface area contributed by atoms with Gasteiger partial charge in [0, 0.05) is 12.1 Å². The van der Waals surface area contributed by atoms with E-state index < -0.39 is 101 Å². The molecule has 0 saturated heterocycles. The van der Waals surface area contributed by atoms with Crippen molar-refractivity contribution >= 4 is 5.69 Å². The van der Waals surface area contributed by atoms with Crippen molar-refractivity contribution in [1.29, 1.82) is 0 Å². The van der Waals surface area contributed by atoms with E-state index in [4.69, 9.17) is 0 Å². The zero-order valence-electron chi connectivity index (χ0n) is 14.4. The van der Waals surface area contributed by atoms with Gasteiger partial charge in [-0.2, -0.15) is 13.2 Å². The molecule has 2 aromatic rings. The highest BCUT2D eigenvalue weighted by molar-refractivity contribution is 5.81. The van der Waals surface area contributed by atoms with E-state index >= 15 is 0 Å². The first kappa shape index (κ1) is 23.7. The predicted octanol–water partition coefficient (Wildman–Crippen LogP) is 6.54. The zero-order valence-corrected chi connectivity index (χ0v) is 14.4. The fourth-order valence-electron chi connectivity index (χ4n) is 2.60. The molecule has 0 amide bonds. The van der Waals surface area contributed by atoms with Crippen molar-refractivity contribution < 1.29 is 52.7 Å². The van der Waals surface area contributed by atoms with Crippen molar-refractivity contribution in [1.82, 2.24) is 0 Å². The number of alkyl halides is 4. The van der Waals surface area contributed by atoms with Gasteiger partial charge in [0.25, 0.3) is 0 Å². The van der Waals surface area contributed by atoms with Crippen molar-refractivity contribution in [3.63, 3.8) is 0 Å². The molecule has 0 radical (unpaired) electrons. The third-order valence-electron chi connectivity index (χ3n) is 3.96. The Morgan fingerprint density at radius 3 is 1.73 bits per heavy atom. The van der Waals surface area contributed by atoms with Gasteiger partial charge in [0.05, 0.1) is 17.9 Å². The minimum atomic E-state index is -5.63. The topological polar surface area (TPSA) is 3.24 Å². The molecule has 0 heterocycles. The molecule has 2 rings (SSSR count). The number of benzene rings is 2. The van der Waals surface area contributed by atoms with Gasteiger partial charge in [-0.25, -0.2) is 35.1 Å². The van der Waals surface area contributed by atoms with Crippen molar-refractivity contribution in [3.05, 3.63) is 52.6 Å². The fraction of sp³-hybridized carbons (Fsp3) is 0.294. The summed E-state index contributed by atoms with van der Waals surface area (Å²) in [7, 11) is 0. The SMILES string of the molecule is FCCCCN(c1c(F)c(F)c(F)c(F)c1-c1cc(F)c(F)c(F)c1F)C(F)(F)F. The van der Waals surface area contributed by atoms with Crippen molar-refractivity contribution in [2.45, 2.75) is 19.1 Å². The molecule has 166 valence electrons. The smallest absolute Gasteiger partial charge is 0.280 e. The lowest BCUT2D eigenvalue weighted by molar-refractivity contribution is -0.129. The summed E-state index contributed by atoms with van der Waals surface area (Å²) in [5.74, 6) is -20.5. The van der Waals surface area contributed by atoms with E-state index in [1.165, 1.54) is 0 Å². The second kappa shape index (κ2) is 8.64. The van der Waals surface area contributed by atoms with Crippen LogP contribution >= 0.6 is 0 Å². The second-order valence-electron chi connectivity index (χ2n) is 5.84. The summed E-state index contributed by atoms with van der Waals surface area (Å²) in [6.45, 7) is -2.45. The van der Waals surface area contributed by atoms with E-state index in [9.17, 15) is 52.7 Å². The monoisotopic (exact) mass is 455 g/mol. The number of anilines is 1. The minimum Gasteiger partial charge on any atom is -0.280 e. The van der Waals surface area contributed by atoms with Crippen LogP contribution in [0.4, 0.5) is 58.4 Å². The molecule has 0 N–H and O–H groups in total. The fourth-order valence-corrected chi connectivity index (χ4v) is 2.60. The molecule has 0 fully saturated rings. The molecule has 0 aromatic heterocycles. The average molecular weight is 455 g/mol. The van der Waals surface area contributed by atoms with E-state index in [1.54, 1.807) is 0 Å². The first-order valence-electron chi connectivity index (χ1n) is 7.94. The van der Waals surface area contributed by atoms with Crippen molar-refractivity contribution in [3.8, 4) is 11.1 Å². The Bertz CT molecular complexity index is 953. The lowest BCUT2D eigenvalue weighted by Crippen LogP contribution is -2.40. The van der Waals surface area contributed by atoms with Gasteiger partial charge in [-0.3, -0.25) is 9.29 Å². The first-order chi connectivity index (χ1) is 13.8. The molecular weight excluding hydrogens is 446 g/mol. The summed E-state index contributed by atoms with van der Waals surface area (Å²) in [6, 6.07) is -0.345. The summed E-state index contributed by atoms with van der Waals surface area (Å²) < 4.78 is 163. The molecule has 13 heteroatoms. The van der Waals surface area contributed by atoms with Crippen LogP contribution in [0.25, 0.3) is 11.1 Å². The molecule has 0 aliphatic rings. The van der Waals surface area contributed by atoms with Crippen molar-refractivity contribution in [2.75, 3.05) is 18.1 Å². The van der Waals surface area contributed by atoms with E-state index in [-0.39, 0.29) is 6.07 Å². The van der Waals surface area contributed by atoms with Crippen LogP contribution in [0.15, 0.2) is 6.07 Å². The molecule has 0 spiro atoms. The van der Waals surface area contributed by atoms with Gasteiger partial charge < -0.3 is 0 Å². The van der Waals surface area contributed by atoms with Crippen molar-refractivity contribution in [2.24, 2.45) is 0 Å². The first-order valence-corrected chi connectivity index (χ1v) is 7.94. The number of nitrogens with zero attached hydrogens (tertiary/aromatic N) is 1. The Morgan fingerprint density at radius 2 is 1.20 bits per heavy atom. The molecule has 0 aliphatic carbocycles.